The number of halogens is 1. The molecule has 2 amide bonds. The maximum absolute atomic E-state index is 14.1. The van der Waals surface area contributed by atoms with E-state index in [0.717, 1.165) is 35.8 Å². The molecule has 0 aromatic carbocycles. The molecule has 4 heterocycles. The number of ether oxygens (including phenoxy) is 3. The molecular formula is C27H37FN6O5Si. The van der Waals surface area contributed by atoms with Crippen LogP contribution in [0, 0.1) is 18.7 Å². The first-order valence-electron chi connectivity index (χ1n) is 13.8. The molecule has 2 aromatic rings. The van der Waals surface area contributed by atoms with Gasteiger partial charge >= 0.3 is 6.09 Å². The van der Waals surface area contributed by atoms with Crippen molar-refractivity contribution in [1.29, 1.82) is 0 Å². The highest BCUT2D eigenvalue weighted by molar-refractivity contribution is 6.76. The highest BCUT2D eigenvalue weighted by Crippen LogP contribution is 2.32. The molecular weight excluding hydrogens is 535 g/mol. The topological polar surface area (TPSA) is 119 Å². The Kier molecular flexibility index (Phi) is 8.33. The van der Waals surface area contributed by atoms with Gasteiger partial charge in [-0.25, -0.2) is 19.2 Å². The fourth-order valence-electron chi connectivity index (χ4n) is 5.15. The standard InChI is InChI=1S/C27H37FN6O5Si/c1-17-20-9-18(10-21(20)22(28)12-30-17)11-29-6-5-19-14-33(27(36)39-19)23-13-31-26-25(32-23)34(24(35)15-38-26)16-37-7-8-40(2,3)4/h12-13,18-19,29H,5-11,14-16H2,1-4H3. The number of carbonyl (C=O) groups is 2. The molecule has 2 aliphatic heterocycles. The summed E-state index contributed by atoms with van der Waals surface area (Å²) >= 11 is 0. The lowest BCUT2D eigenvalue weighted by atomic mass is 10.1. The Labute approximate surface area is 234 Å². The number of rotatable bonds is 11. The number of hydrogen-bond acceptors (Lipinski definition) is 9. The number of cyclic esters (lactones) is 1. The Morgan fingerprint density at radius 2 is 1.98 bits per heavy atom. The van der Waals surface area contributed by atoms with Crippen molar-refractivity contribution in [2.24, 2.45) is 5.92 Å². The van der Waals surface area contributed by atoms with Crippen LogP contribution in [-0.4, -0.2) is 80.7 Å². The molecule has 0 spiro atoms. The molecule has 1 fully saturated rings. The molecule has 1 aliphatic carbocycles. The van der Waals surface area contributed by atoms with Crippen LogP contribution >= 0.6 is 0 Å². The number of nitrogens with one attached hydrogen (secondary N) is 1. The minimum Gasteiger partial charge on any atom is -0.465 e. The van der Waals surface area contributed by atoms with Crippen LogP contribution < -0.4 is 19.9 Å². The summed E-state index contributed by atoms with van der Waals surface area (Å²) in [6.07, 6.45) is 4.07. The monoisotopic (exact) mass is 572 g/mol. The van der Waals surface area contributed by atoms with Gasteiger partial charge in [-0.1, -0.05) is 19.6 Å². The van der Waals surface area contributed by atoms with Crippen LogP contribution in [0.4, 0.5) is 20.8 Å². The van der Waals surface area contributed by atoms with Gasteiger partial charge in [0, 0.05) is 20.4 Å². The van der Waals surface area contributed by atoms with Gasteiger partial charge in [-0.15, -0.1) is 0 Å². The number of fused-ring (bicyclic) bond motifs is 2. The Balaban J connectivity index is 1.13. The summed E-state index contributed by atoms with van der Waals surface area (Å²) in [5.41, 5.74) is 2.72. The Morgan fingerprint density at radius 1 is 1.18 bits per heavy atom. The van der Waals surface area contributed by atoms with Crippen LogP contribution in [0.3, 0.4) is 0 Å². The zero-order valence-electron chi connectivity index (χ0n) is 23.5. The van der Waals surface area contributed by atoms with Crippen molar-refractivity contribution in [2.45, 2.75) is 58.0 Å². The lowest BCUT2D eigenvalue weighted by Gasteiger charge is -2.28. The zero-order chi connectivity index (χ0) is 28.4. The van der Waals surface area contributed by atoms with Gasteiger partial charge in [0.2, 0.25) is 5.82 Å². The molecule has 0 saturated carbocycles. The van der Waals surface area contributed by atoms with Crippen molar-refractivity contribution < 1.29 is 28.2 Å². The zero-order valence-corrected chi connectivity index (χ0v) is 24.5. The summed E-state index contributed by atoms with van der Waals surface area (Å²) in [6.45, 7) is 10.9. The van der Waals surface area contributed by atoms with Crippen LogP contribution in [-0.2, 0) is 27.1 Å². The molecule has 216 valence electrons. The first kappa shape index (κ1) is 28.4. The average molecular weight is 573 g/mol. The molecule has 1 saturated heterocycles. The second-order valence-corrected chi connectivity index (χ2v) is 17.5. The average Bonchev–Trinajstić information content (AvgIpc) is 3.51. The van der Waals surface area contributed by atoms with E-state index < -0.39 is 14.2 Å². The summed E-state index contributed by atoms with van der Waals surface area (Å²) in [5, 5.41) is 3.43. The summed E-state index contributed by atoms with van der Waals surface area (Å²) < 4.78 is 30.9. The molecule has 13 heteroatoms. The van der Waals surface area contributed by atoms with Crippen molar-refractivity contribution in [2.75, 3.05) is 49.4 Å². The van der Waals surface area contributed by atoms with Crippen LogP contribution in [0.2, 0.25) is 25.7 Å². The fraction of sp³-hybridized carbons (Fsp3) is 0.593. The molecule has 5 rings (SSSR count). The molecule has 11 nitrogen and oxygen atoms in total. The van der Waals surface area contributed by atoms with Crippen molar-refractivity contribution in [1.82, 2.24) is 20.3 Å². The predicted octanol–water partition coefficient (Wildman–Crippen LogP) is 3.08. The van der Waals surface area contributed by atoms with Gasteiger partial charge in [0.1, 0.15) is 18.7 Å². The Hall–Kier alpha value is -3.16. The Morgan fingerprint density at radius 3 is 2.75 bits per heavy atom. The van der Waals surface area contributed by atoms with Crippen molar-refractivity contribution in [3.8, 4) is 5.88 Å². The molecule has 3 aliphatic rings. The van der Waals surface area contributed by atoms with Crippen molar-refractivity contribution in [3.05, 3.63) is 35.0 Å². The summed E-state index contributed by atoms with van der Waals surface area (Å²) in [7, 11) is -1.27. The molecule has 2 aromatic heterocycles. The smallest absolute Gasteiger partial charge is 0.415 e. The van der Waals surface area contributed by atoms with E-state index in [2.05, 4.69) is 39.9 Å². The number of aryl methyl sites for hydroxylation is 1. The van der Waals surface area contributed by atoms with E-state index in [1.54, 1.807) is 0 Å². The number of carbonyl (C=O) groups excluding carboxylic acids is 2. The number of aromatic nitrogens is 3. The molecule has 40 heavy (non-hydrogen) atoms. The highest BCUT2D eigenvalue weighted by Gasteiger charge is 2.36. The highest BCUT2D eigenvalue weighted by atomic mass is 28.3. The van der Waals surface area contributed by atoms with E-state index in [1.807, 2.05) is 6.92 Å². The quantitative estimate of drug-likeness (QED) is 0.320. The number of hydrogen-bond donors (Lipinski definition) is 1. The van der Waals surface area contributed by atoms with Crippen molar-refractivity contribution in [3.63, 3.8) is 0 Å². The fourth-order valence-corrected chi connectivity index (χ4v) is 5.90. The minimum absolute atomic E-state index is 0.0470. The van der Waals surface area contributed by atoms with Gasteiger partial charge in [0.25, 0.3) is 11.8 Å². The van der Waals surface area contributed by atoms with Gasteiger partial charge < -0.3 is 19.5 Å². The molecule has 2 unspecified atom stereocenters. The van der Waals surface area contributed by atoms with Crippen LogP contribution in [0.25, 0.3) is 0 Å². The third-order valence-corrected chi connectivity index (χ3v) is 9.19. The maximum atomic E-state index is 14.1. The number of nitrogens with zero attached hydrogens (tertiary/aromatic N) is 5. The molecule has 0 bridgehead atoms. The first-order valence-corrected chi connectivity index (χ1v) is 17.5. The van der Waals surface area contributed by atoms with E-state index in [9.17, 15) is 14.0 Å². The largest absolute Gasteiger partial charge is 0.465 e. The minimum atomic E-state index is -1.27. The summed E-state index contributed by atoms with van der Waals surface area (Å²) in [6, 6.07) is 0.976. The van der Waals surface area contributed by atoms with Gasteiger partial charge in [0.05, 0.1) is 18.9 Å². The summed E-state index contributed by atoms with van der Waals surface area (Å²) in [5.74, 6) is 0.566. The SMILES string of the molecule is Cc1ncc(F)c2c1CC(CNCCC1CN(c3cnc4c(n3)N(COCC[Si](C)(C)C)C(=O)CO4)C(=O)O1)C2. The van der Waals surface area contributed by atoms with E-state index in [-0.39, 0.29) is 42.9 Å². The predicted molar refractivity (Wildman–Crippen MR) is 149 cm³/mol. The maximum Gasteiger partial charge on any atom is 0.415 e. The first-order chi connectivity index (χ1) is 19.1. The van der Waals surface area contributed by atoms with E-state index >= 15 is 0 Å². The third kappa shape index (κ3) is 6.42. The van der Waals surface area contributed by atoms with Gasteiger partial charge in [-0.2, -0.15) is 0 Å². The normalized spacial score (nSPS) is 20.4. The second kappa shape index (κ2) is 11.8. The molecule has 2 atom stereocenters. The Bertz CT molecular complexity index is 1240. The van der Waals surface area contributed by atoms with Crippen LogP contribution in [0.15, 0.2) is 12.4 Å². The number of amides is 2. The van der Waals surface area contributed by atoms with E-state index in [4.69, 9.17) is 14.2 Å². The lowest BCUT2D eigenvalue weighted by molar-refractivity contribution is -0.122. The summed E-state index contributed by atoms with van der Waals surface area (Å²) in [4.78, 5) is 41.1. The van der Waals surface area contributed by atoms with E-state index in [0.29, 0.717) is 44.3 Å². The second-order valence-electron chi connectivity index (χ2n) is 11.8. The van der Waals surface area contributed by atoms with Crippen LogP contribution in [0.5, 0.6) is 5.88 Å². The molecule has 0 radical (unpaired) electrons. The van der Waals surface area contributed by atoms with Crippen molar-refractivity contribution >= 4 is 31.7 Å². The third-order valence-electron chi connectivity index (χ3n) is 7.49. The van der Waals surface area contributed by atoms with Gasteiger partial charge in [0.15, 0.2) is 12.4 Å². The van der Waals surface area contributed by atoms with Gasteiger partial charge in [-0.3, -0.25) is 19.6 Å². The lowest BCUT2D eigenvalue weighted by Crippen LogP contribution is -2.42. The molecule has 1 N–H and O–H groups in total. The van der Waals surface area contributed by atoms with Crippen LogP contribution in [0.1, 0.15) is 23.2 Å². The van der Waals surface area contributed by atoms with Gasteiger partial charge in [-0.05, 0) is 62.4 Å². The van der Waals surface area contributed by atoms with E-state index in [1.165, 1.54) is 22.2 Å². The number of pyridine rings is 1. The number of anilines is 2.